The van der Waals surface area contributed by atoms with E-state index in [0.717, 1.165) is 0 Å². The normalized spacial score (nSPS) is 14.7. The van der Waals surface area contributed by atoms with Crippen LogP contribution < -0.4 is 5.73 Å². The van der Waals surface area contributed by atoms with Crippen molar-refractivity contribution in [2.24, 2.45) is 10.9 Å². The number of nitrogens with two attached hydrogens (primary N) is 1. The summed E-state index contributed by atoms with van der Waals surface area (Å²) in [6, 6.07) is -0.457. The van der Waals surface area contributed by atoms with Gasteiger partial charge in [-0.3, -0.25) is 4.79 Å². The van der Waals surface area contributed by atoms with Gasteiger partial charge in [0.05, 0.1) is 11.6 Å². The van der Waals surface area contributed by atoms with Crippen LogP contribution in [0.1, 0.15) is 27.7 Å². The molecule has 0 rings (SSSR count). The molecule has 1 atom stereocenters. The van der Waals surface area contributed by atoms with Gasteiger partial charge in [-0.05, 0) is 27.7 Å². The van der Waals surface area contributed by atoms with Crippen LogP contribution in [0.5, 0.6) is 0 Å². The Hall–Kier alpha value is -1.30. The minimum Gasteiger partial charge on any atom is -0.409 e. The number of oxime groups is 1. The van der Waals surface area contributed by atoms with Crippen molar-refractivity contribution in [1.29, 1.82) is 0 Å². The van der Waals surface area contributed by atoms with Crippen LogP contribution in [0.3, 0.4) is 0 Å². The fourth-order valence-electron chi connectivity index (χ4n) is 0.878. The van der Waals surface area contributed by atoms with Gasteiger partial charge in [0.2, 0.25) is 5.91 Å². The molecule has 1 amide bonds. The Labute approximate surface area is 96.0 Å². The van der Waals surface area contributed by atoms with Crippen LogP contribution in [0, 0.1) is 0 Å². The van der Waals surface area contributed by atoms with Crippen molar-refractivity contribution in [3.63, 3.8) is 0 Å². The number of rotatable bonds is 4. The van der Waals surface area contributed by atoms with E-state index < -0.39 is 6.04 Å². The summed E-state index contributed by atoms with van der Waals surface area (Å²) in [5.41, 5.74) is 5.04. The van der Waals surface area contributed by atoms with E-state index in [1.807, 2.05) is 20.8 Å². The average Bonchev–Trinajstić information content (AvgIpc) is 2.21. The molecule has 0 aromatic rings. The second-order valence-corrected chi connectivity index (χ2v) is 4.61. The molecule has 94 valence electrons. The van der Waals surface area contributed by atoms with Crippen LogP contribution in [0.4, 0.5) is 0 Å². The van der Waals surface area contributed by atoms with Gasteiger partial charge >= 0.3 is 0 Å². The lowest BCUT2D eigenvalue weighted by Gasteiger charge is -2.26. The standard InChI is InChI=1S/C10H21N3O3/c1-7(9(11)12-15)13(5)8(14)6-16-10(2,3)4/h7,15H,6H2,1-5H3,(H2,11,12). The number of amidine groups is 1. The summed E-state index contributed by atoms with van der Waals surface area (Å²) in [6.07, 6.45) is 0. The number of hydrogen-bond donors (Lipinski definition) is 2. The third kappa shape index (κ3) is 4.97. The molecule has 3 N–H and O–H groups in total. The Kier molecular flexibility index (Phi) is 5.23. The fourth-order valence-corrected chi connectivity index (χ4v) is 0.878. The minimum atomic E-state index is -0.457. The van der Waals surface area contributed by atoms with E-state index in [-0.39, 0.29) is 24.0 Å². The van der Waals surface area contributed by atoms with Crippen LogP contribution >= 0.6 is 0 Å². The highest BCUT2D eigenvalue weighted by atomic mass is 16.5. The lowest BCUT2D eigenvalue weighted by Crippen LogP contribution is -2.45. The van der Waals surface area contributed by atoms with Gasteiger partial charge in [0.15, 0.2) is 5.84 Å². The molecule has 0 spiro atoms. The monoisotopic (exact) mass is 231 g/mol. The van der Waals surface area contributed by atoms with Gasteiger partial charge in [-0.2, -0.15) is 0 Å². The first-order valence-electron chi connectivity index (χ1n) is 5.06. The number of ether oxygens (including phenoxy) is 1. The molecular formula is C10H21N3O3. The molecular weight excluding hydrogens is 210 g/mol. The molecule has 0 saturated heterocycles. The highest BCUT2D eigenvalue weighted by Crippen LogP contribution is 2.07. The number of amides is 1. The van der Waals surface area contributed by atoms with E-state index >= 15 is 0 Å². The molecule has 0 aliphatic carbocycles. The lowest BCUT2D eigenvalue weighted by molar-refractivity contribution is -0.140. The Morgan fingerprint density at radius 1 is 1.56 bits per heavy atom. The number of likely N-dealkylation sites (N-methyl/N-ethyl adjacent to an activating group) is 1. The Bertz CT molecular complexity index is 271. The van der Waals surface area contributed by atoms with Gasteiger partial charge in [-0.1, -0.05) is 5.16 Å². The second kappa shape index (κ2) is 5.69. The molecule has 0 heterocycles. The molecule has 0 aromatic heterocycles. The van der Waals surface area contributed by atoms with Crippen molar-refractivity contribution in [3.05, 3.63) is 0 Å². The number of nitrogens with zero attached hydrogens (tertiary/aromatic N) is 2. The zero-order valence-corrected chi connectivity index (χ0v) is 10.5. The molecule has 0 radical (unpaired) electrons. The molecule has 0 aliphatic heterocycles. The van der Waals surface area contributed by atoms with Crippen LogP contribution in [0.15, 0.2) is 5.16 Å². The van der Waals surface area contributed by atoms with E-state index in [0.29, 0.717) is 0 Å². The predicted molar refractivity (Wildman–Crippen MR) is 61.3 cm³/mol. The maximum atomic E-state index is 11.7. The summed E-state index contributed by atoms with van der Waals surface area (Å²) in [6.45, 7) is 7.25. The quantitative estimate of drug-likeness (QED) is 0.317. The third-order valence-electron chi connectivity index (χ3n) is 2.15. The summed E-state index contributed by atoms with van der Waals surface area (Å²) in [5, 5.41) is 11.3. The molecule has 16 heavy (non-hydrogen) atoms. The maximum absolute atomic E-state index is 11.7. The minimum absolute atomic E-state index is 0.00777. The van der Waals surface area contributed by atoms with E-state index in [4.69, 9.17) is 15.7 Å². The van der Waals surface area contributed by atoms with E-state index in [1.54, 1.807) is 14.0 Å². The zero-order valence-electron chi connectivity index (χ0n) is 10.5. The highest BCUT2D eigenvalue weighted by molar-refractivity contribution is 5.89. The summed E-state index contributed by atoms with van der Waals surface area (Å²) in [7, 11) is 1.58. The van der Waals surface area contributed by atoms with Crippen molar-refractivity contribution in [3.8, 4) is 0 Å². The predicted octanol–water partition coefficient (Wildman–Crippen LogP) is 0.395. The number of carbonyl (C=O) groups excluding carboxylic acids is 1. The molecule has 0 aliphatic rings. The zero-order chi connectivity index (χ0) is 12.9. The van der Waals surface area contributed by atoms with Crippen molar-refractivity contribution in [2.45, 2.75) is 39.3 Å². The SMILES string of the molecule is CC(C(N)=NO)N(C)C(=O)COC(C)(C)C. The molecule has 1 unspecified atom stereocenters. The van der Waals surface area contributed by atoms with Crippen LogP contribution in [0.2, 0.25) is 0 Å². The molecule has 0 saturated carbocycles. The lowest BCUT2D eigenvalue weighted by atomic mass is 10.2. The second-order valence-electron chi connectivity index (χ2n) is 4.61. The van der Waals surface area contributed by atoms with Gasteiger partial charge in [-0.15, -0.1) is 0 Å². The van der Waals surface area contributed by atoms with E-state index in [1.165, 1.54) is 4.90 Å². The van der Waals surface area contributed by atoms with Crippen LogP contribution in [-0.4, -0.2) is 47.1 Å². The molecule has 0 aromatic carbocycles. The smallest absolute Gasteiger partial charge is 0.248 e. The first-order chi connectivity index (χ1) is 7.19. The number of carbonyl (C=O) groups is 1. The van der Waals surface area contributed by atoms with Gasteiger partial charge in [-0.25, -0.2) is 0 Å². The summed E-state index contributed by atoms with van der Waals surface area (Å²) in [5.74, 6) is -0.222. The Morgan fingerprint density at radius 3 is 2.44 bits per heavy atom. The van der Waals surface area contributed by atoms with Crippen LogP contribution in [0.25, 0.3) is 0 Å². The summed E-state index contributed by atoms with van der Waals surface area (Å²) >= 11 is 0. The van der Waals surface area contributed by atoms with Gasteiger partial charge in [0, 0.05) is 7.05 Å². The summed E-state index contributed by atoms with van der Waals surface area (Å²) < 4.78 is 5.34. The third-order valence-corrected chi connectivity index (χ3v) is 2.15. The van der Waals surface area contributed by atoms with Gasteiger partial charge in [0.25, 0.3) is 0 Å². The Balaban J connectivity index is 4.29. The molecule has 0 bridgehead atoms. The molecule has 6 heteroatoms. The first-order valence-corrected chi connectivity index (χ1v) is 5.06. The van der Waals surface area contributed by atoms with Crippen molar-refractivity contribution in [1.82, 2.24) is 4.90 Å². The summed E-state index contributed by atoms with van der Waals surface area (Å²) in [4.78, 5) is 13.0. The maximum Gasteiger partial charge on any atom is 0.248 e. The molecule has 6 nitrogen and oxygen atoms in total. The van der Waals surface area contributed by atoms with Crippen molar-refractivity contribution >= 4 is 11.7 Å². The van der Waals surface area contributed by atoms with Crippen LogP contribution in [-0.2, 0) is 9.53 Å². The first kappa shape index (κ1) is 14.7. The topological polar surface area (TPSA) is 88.2 Å². The van der Waals surface area contributed by atoms with Gasteiger partial charge < -0.3 is 20.6 Å². The van der Waals surface area contributed by atoms with Gasteiger partial charge in [0.1, 0.15) is 6.61 Å². The fraction of sp³-hybridized carbons (Fsp3) is 0.800. The highest BCUT2D eigenvalue weighted by Gasteiger charge is 2.21. The van der Waals surface area contributed by atoms with Crippen molar-refractivity contribution < 1.29 is 14.7 Å². The van der Waals surface area contributed by atoms with Crippen molar-refractivity contribution in [2.75, 3.05) is 13.7 Å². The number of hydrogen-bond acceptors (Lipinski definition) is 4. The van der Waals surface area contributed by atoms with E-state index in [9.17, 15) is 4.79 Å². The van der Waals surface area contributed by atoms with E-state index in [2.05, 4.69) is 5.16 Å². The molecule has 0 fully saturated rings. The largest absolute Gasteiger partial charge is 0.409 e. The average molecular weight is 231 g/mol. The Morgan fingerprint density at radius 2 is 2.06 bits per heavy atom.